The van der Waals surface area contributed by atoms with Gasteiger partial charge in [0, 0.05) is 17.2 Å². The molecule has 188 valence electrons. The van der Waals surface area contributed by atoms with E-state index < -0.39 is 22.8 Å². The van der Waals surface area contributed by atoms with Crippen molar-refractivity contribution in [2.24, 2.45) is 11.0 Å². The van der Waals surface area contributed by atoms with E-state index in [9.17, 15) is 19.7 Å². The summed E-state index contributed by atoms with van der Waals surface area (Å²) in [6, 6.07) is 9.09. The smallest absolute Gasteiger partial charge is 0.289 e. The van der Waals surface area contributed by atoms with Crippen LogP contribution in [0.25, 0.3) is 11.3 Å². The van der Waals surface area contributed by atoms with Crippen LogP contribution in [0.5, 0.6) is 0 Å². The normalized spacial score (nSPS) is 12.1. The molecule has 36 heavy (non-hydrogen) atoms. The molecule has 0 spiro atoms. The van der Waals surface area contributed by atoms with Gasteiger partial charge in [-0.1, -0.05) is 60.3 Å². The van der Waals surface area contributed by atoms with E-state index in [2.05, 4.69) is 15.8 Å². The van der Waals surface area contributed by atoms with Crippen molar-refractivity contribution >= 4 is 70.1 Å². The molecule has 0 bridgehead atoms. The number of hydrogen-bond donors (Lipinski definition) is 2. The zero-order valence-electron chi connectivity index (χ0n) is 18.7. The fraction of sp³-hybridized carbons (Fsp3) is 0.174. The summed E-state index contributed by atoms with van der Waals surface area (Å²) < 4.78 is 5.63. The number of nitro benzene ring substituents is 1. The van der Waals surface area contributed by atoms with Crippen LogP contribution in [0, 0.1) is 16.0 Å². The third kappa shape index (κ3) is 6.55. The number of hydrazone groups is 1. The highest BCUT2D eigenvalue weighted by molar-refractivity contribution is 6.42. The predicted molar refractivity (Wildman–Crippen MR) is 139 cm³/mol. The first kappa shape index (κ1) is 27.5. The zero-order valence-corrected chi connectivity index (χ0v) is 21.7. The molecule has 1 unspecified atom stereocenters. The number of nitro groups is 1. The van der Waals surface area contributed by atoms with Crippen molar-refractivity contribution in [3.63, 3.8) is 0 Å². The Morgan fingerprint density at radius 3 is 2.36 bits per heavy atom. The minimum atomic E-state index is -0.891. The molecule has 13 heteroatoms. The largest absolute Gasteiger partial charge is 0.455 e. The van der Waals surface area contributed by atoms with E-state index in [4.69, 9.17) is 50.8 Å². The fourth-order valence-electron chi connectivity index (χ4n) is 3.06. The Morgan fingerprint density at radius 2 is 1.72 bits per heavy atom. The number of carbonyl (C=O) groups excluding carboxylic acids is 2. The van der Waals surface area contributed by atoms with Crippen LogP contribution in [0.4, 0.5) is 5.69 Å². The molecular weight excluding hydrogens is 554 g/mol. The average molecular weight is 572 g/mol. The van der Waals surface area contributed by atoms with E-state index in [-0.39, 0.29) is 38.0 Å². The predicted octanol–water partition coefficient (Wildman–Crippen LogP) is 6.37. The van der Waals surface area contributed by atoms with E-state index in [1.807, 2.05) is 0 Å². The number of nitrogens with one attached hydrogen (secondary N) is 2. The van der Waals surface area contributed by atoms with Crippen LogP contribution >= 0.6 is 46.4 Å². The number of carbonyl (C=O) groups is 2. The molecule has 2 N–H and O–H groups in total. The van der Waals surface area contributed by atoms with Crippen LogP contribution in [-0.4, -0.2) is 29.0 Å². The second kappa shape index (κ2) is 11.7. The topological polar surface area (TPSA) is 127 Å². The molecule has 2 aromatic carbocycles. The number of nitrogens with zero attached hydrogens (tertiary/aromatic N) is 2. The van der Waals surface area contributed by atoms with E-state index in [0.717, 1.165) is 6.07 Å². The fourth-order valence-corrected chi connectivity index (χ4v) is 3.84. The van der Waals surface area contributed by atoms with Crippen LogP contribution in [0.1, 0.15) is 30.0 Å². The summed E-state index contributed by atoms with van der Waals surface area (Å²) in [5.74, 6) is -0.751. The van der Waals surface area contributed by atoms with Gasteiger partial charge in [-0.05, 0) is 42.3 Å². The van der Waals surface area contributed by atoms with Gasteiger partial charge in [0.2, 0.25) is 0 Å². The summed E-state index contributed by atoms with van der Waals surface area (Å²) in [4.78, 5) is 35.6. The van der Waals surface area contributed by atoms with Crippen molar-refractivity contribution in [2.75, 3.05) is 0 Å². The number of rotatable bonds is 8. The lowest BCUT2D eigenvalue weighted by molar-refractivity contribution is -0.384. The summed E-state index contributed by atoms with van der Waals surface area (Å²) in [5, 5.41) is 18.0. The van der Waals surface area contributed by atoms with E-state index in [1.165, 1.54) is 30.5 Å². The Bertz CT molecular complexity index is 1360. The van der Waals surface area contributed by atoms with Gasteiger partial charge in [0.05, 0.1) is 26.2 Å². The molecule has 0 radical (unpaired) electrons. The Kier molecular flexibility index (Phi) is 8.97. The molecule has 3 aromatic rings. The highest BCUT2D eigenvalue weighted by Gasteiger charge is 2.25. The first-order valence-electron chi connectivity index (χ1n) is 10.3. The van der Waals surface area contributed by atoms with Crippen molar-refractivity contribution in [1.82, 2.24) is 10.7 Å². The molecule has 9 nitrogen and oxygen atoms in total. The monoisotopic (exact) mass is 570 g/mol. The van der Waals surface area contributed by atoms with Crippen molar-refractivity contribution in [3.8, 4) is 11.3 Å². The molecule has 0 aliphatic heterocycles. The summed E-state index contributed by atoms with van der Waals surface area (Å²) in [7, 11) is 0. The lowest BCUT2D eigenvalue weighted by Crippen LogP contribution is -2.48. The van der Waals surface area contributed by atoms with Gasteiger partial charge in [-0.25, -0.2) is 5.43 Å². The molecule has 1 aromatic heterocycles. The molecule has 0 aliphatic rings. The Labute approximate surface area is 225 Å². The van der Waals surface area contributed by atoms with Crippen molar-refractivity contribution in [1.29, 1.82) is 0 Å². The van der Waals surface area contributed by atoms with Crippen LogP contribution in [0.2, 0.25) is 20.1 Å². The molecule has 3 rings (SSSR count). The Morgan fingerprint density at radius 1 is 1.00 bits per heavy atom. The van der Waals surface area contributed by atoms with Crippen molar-refractivity contribution in [2.45, 2.75) is 19.9 Å². The Balaban J connectivity index is 1.68. The first-order valence-corrected chi connectivity index (χ1v) is 11.8. The van der Waals surface area contributed by atoms with Gasteiger partial charge >= 0.3 is 0 Å². The first-order chi connectivity index (χ1) is 17.0. The van der Waals surface area contributed by atoms with Crippen LogP contribution in [0.3, 0.4) is 0 Å². The van der Waals surface area contributed by atoms with Gasteiger partial charge in [0.25, 0.3) is 17.5 Å². The van der Waals surface area contributed by atoms with Gasteiger partial charge in [0.15, 0.2) is 0 Å². The molecule has 0 saturated carbocycles. The molecule has 1 heterocycles. The second-order valence-electron chi connectivity index (χ2n) is 7.80. The number of furan rings is 1. The van der Waals surface area contributed by atoms with Crippen molar-refractivity contribution < 1.29 is 18.9 Å². The van der Waals surface area contributed by atoms with Crippen LogP contribution in [-0.2, 0) is 4.79 Å². The zero-order chi connectivity index (χ0) is 26.6. The van der Waals surface area contributed by atoms with Gasteiger partial charge in [-0.3, -0.25) is 19.7 Å². The lowest BCUT2D eigenvalue weighted by Gasteiger charge is -2.20. The molecular formula is C23H18Cl4N4O5. The van der Waals surface area contributed by atoms with Gasteiger partial charge in [0.1, 0.15) is 22.6 Å². The lowest BCUT2D eigenvalue weighted by atomic mass is 10.0. The highest BCUT2D eigenvalue weighted by Crippen LogP contribution is 2.37. The number of benzene rings is 2. The number of halogens is 4. The third-order valence-electron chi connectivity index (χ3n) is 4.91. The quantitative estimate of drug-likeness (QED) is 0.184. The maximum atomic E-state index is 12.7. The number of amides is 2. The highest BCUT2D eigenvalue weighted by atomic mass is 35.5. The van der Waals surface area contributed by atoms with Crippen LogP contribution in [0.15, 0.2) is 52.0 Å². The Hall–Kier alpha value is -3.11. The van der Waals surface area contributed by atoms with E-state index in [0.29, 0.717) is 16.3 Å². The summed E-state index contributed by atoms with van der Waals surface area (Å²) in [6.45, 7) is 3.53. The average Bonchev–Trinajstić information content (AvgIpc) is 3.28. The molecule has 2 amide bonds. The van der Waals surface area contributed by atoms with Crippen LogP contribution < -0.4 is 10.7 Å². The van der Waals surface area contributed by atoms with E-state index in [1.54, 1.807) is 26.0 Å². The number of hydrogen-bond acceptors (Lipinski definition) is 6. The van der Waals surface area contributed by atoms with E-state index >= 15 is 0 Å². The SMILES string of the molecule is CC(C)C(NC(=O)c1ccc(Cl)c(Cl)c1)C(=O)NN=Cc1ccc(-c2cc(Cl)c([N+](=O)[O-])cc2Cl)o1. The van der Waals surface area contributed by atoms with Gasteiger partial charge < -0.3 is 9.73 Å². The van der Waals surface area contributed by atoms with Gasteiger partial charge in [-0.15, -0.1) is 0 Å². The summed E-state index contributed by atoms with van der Waals surface area (Å²) in [6.07, 6.45) is 1.25. The maximum Gasteiger partial charge on any atom is 0.289 e. The molecule has 0 fully saturated rings. The molecule has 0 aliphatic carbocycles. The minimum absolute atomic E-state index is 0.0785. The summed E-state index contributed by atoms with van der Waals surface area (Å²) >= 11 is 23.9. The minimum Gasteiger partial charge on any atom is -0.455 e. The van der Waals surface area contributed by atoms with Crippen molar-refractivity contribution in [3.05, 3.63) is 84.0 Å². The standard InChI is InChI=1S/C23H18Cl4N4O5/c1-11(2)21(29-22(32)12-3-5-15(24)17(26)7-12)23(33)30-28-10-13-4-6-20(36-13)14-8-18(27)19(31(34)35)9-16(14)25/h3-11,21H,1-2H3,(H,29,32)(H,30,33). The molecule has 1 atom stereocenters. The summed E-state index contributed by atoms with van der Waals surface area (Å²) in [5.41, 5.74) is 2.64. The maximum absolute atomic E-state index is 12.7. The van der Waals surface area contributed by atoms with Gasteiger partial charge in [-0.2, -0.15) is 5.10 Å². The second-order valence-corrected chi connectivity index (χ2v) is 9.43. The molecule has 0 saturated heterocycles. The third-order valence-corrected chi connectivity index (χ3v) is 6.26.